The number of pyridine rings is 1. The van der Waals surface area contributed by atoms with Crippen molar-refractivity contribution < 1.29 is 23.9 Å². The molecule has 6 heterocycles. The van der Waals surface area contributed by atoms with Gasteiger partial charge in [-0.25, -0.2) is 4.98 Å². The molecule has 6 aliphatic rings. The molecule has 14 nitrogen and oxygen atoms in total. The lowest BCUT2D eigenvalue weighted by Gasteiger charge is -2.40. The minimum absolute atomic E-state index is 0.0269. The lowest BCUT2D eigenvalue weighted by atomic mass is 9.81. The quantitative estimate of drug-likeness (QED) is 0.215. The molecule has 2 saturated carbocycles. The van der Waals surface area contributed by atoms with Crippen LogP contribution in [0, 0.1) is 11.8 Å². The van der Waals surface area contributed by atoms with Crippen molar-refractivity contribution in [2.75, 3.05) is 75.2 Å². The summed E-state index contributed by atoms with van der Waals surface area (Å²) in [7, 11) is 0. The summed E-state index contributed by atoms with van der Waals surface area (Å²) >= 11 is 0. The first-order chi connectivity index (χ1) is 28.7. The largest absolute Gasteiger partial charge is 0.488 e. The Labute approximate surface area is 344 Å². The van der Waals surface area contributed by atoms with Gasteiger partial charge in [-0.2, -0.15) is 5.10 Å². The van der Waals surface area contributed by atoms with E-state index in [0.717, 1.165) is 128 Å². The van der Waals surface area contributed by atoms with Crippen LogP contribution in [0.25, 0.3) is 22.2 Å². The van der Waals surface area contributed by atoms with Gasteiger partial charge in [-0.05, 0) is 112 Å². The molecule has 0 radical (unpaired) electrons. The first-order valence-electron chi connectivity index (χ1n) is 21.6. The first-order valence-corrected chi connectivity index (χ1v) is 21.6. The van der Waals surface area contributed by atoms with Gasteiger partial charge in [0.25, 0.3) is 11.8 Å². The van der Waals surface area contributed by atoms with E-state index in [2.05, 4.69) is 55.1 Å². The molecule has 0 spiro atoms. The number of piperidine rings is 1. The zero-order valence-electron chi connectivity index (χ0n) is 33.8. The number of hydrogen-bond acceptors (Lipinski definition) is 11. The predicted molar refractivity (Wildman–Crippen MR) is 223 cm³/mol. The molecule has 10 rings (SSSR count). The van der Waals surface area contributed by atoms with Crippen LogP contribution >= 0.6 is 0 Å². The highest BCUT2D eigenvalue weighted by molar-refractivity contribution is 6.23. The van der Waals surface area contributed by atoms with Crippen molar-refractivity contribution in [3.8, 4) is 17.0 Å². The Morgan fingerprint density at radius 3 is 2.10 bits per heavy atom. The van der Waals surface area contributed by atoms with Crippen LogP contribution in [0.1, 0.15) is 79.0 Å². The summed E-state index contributed by atoms with van der Waals surface area (Å²) in [6.07, 6.45) is 9.51. The number of fused-ring (bicyclic) bond motifs is 2. The van der Waals surface area contributed by atoms with Crippen LogP contribution in [-0.2, 0) is 9.59 Å². The van der Waals surface area contributed by atoms with Crippen LogP contribution in [0.5, 0.6) is 5.75 Å². The van der Waals surface area contributed by atoms with E-state index in [1.165, 1.54) is 32.2 Å². The number of imide groups is 2. The van der Waals surface area contributed by atoms with Crippen LogP contribution in [0.2, 0.25) is 0 Å². The third-order valence-corrected chi connectivity index (χ3v) is 13.7. The van der Waals surface area contributed by atoms with Gasteiger partial charge in [0.15, 0.2) is 0 Å². The van der Waals surface area contributed by atoms with Crippen molar-refractivity contribution in [3.05, 3.63) is 65.9 Å². The summed E-state index contributed by atoms with van der Waals surface area (Å²) in [5.41, 5.74) is 4.56. The molecule has 59 heavy (non-hydrogen) atoms. The van der Waals surface area contributed by atoms with Gasteiger partial charge in [0, 0.05) is 94.7 Å². The average molecular weight is 800 g/mol. The highest BCUT2D eigenvalue weighted by Crippen LogP contribution is 2.41. The van der Waals surface area contributed by atoms with Crippen molar-refractivity contribution in [1.29, 1.82) is 0 Å². The van der Waals surface area contributed by atoms with Gasteiger partial charge in [0.1, 0.15) is 28.9 Å². The van der Waals surface area contributed by atoms with Gasteiger partial charge in [-0.15, -0.1) is 0 Å². The molecule has 5 fully saturated rings. The van der Waals surface area contributed by atoms with Gasteiger partial charge >= 0.3 is 0 Å². The van der Waals surface area contributed by atoms with Crippen LogP contribution in [0.3, 0.4) is 0 Å². The standard InChI is InChI=1S/C45H53N9O5/c1-45(13-14-45)59-33-7-9-37-36(26-33)41(49-48-37)31-12-15-46-39(24-31)53-22-18-51(19-23-53)28-30-4-2-29(3-5-30)27-50-16-20-52(21-17-50)32-6-8-34-35(25-32)44(58)54(43(34)57)38-10-11-40(55)47-42(38)56/h6-9,12,15,24-26,29-30,38H,2-5,10-11,13-14,16-23,27-28H2,1H3,(H,48,49)(H,47,55,56). The number of nitrogens with one attached hydrogen (secondary N) is 2. The second kappa shape index (κ2) is 15.4. The third-order valence-electron chi connectivity index (χ3n) is 13.7. The van der Waals surface area contributed by atoms with Gasteiger partial charge in [0.2, 0.25) is 11.8 Å². The SMILES string of the molecule is CC1(Oc2ccc3[nH]nc(-c4ccnc(N5CCN(CC6CCC(CN7CCN(c8ccc9c(c8)C(=O)N(C8CCC(=O)NC8=O)C9=O)CC7)CC6)CC5)c4)c3c2)CC1. The van der Waals surface area contributed by atoms with E-state index in [1.54, 1.807) is 12.1 Å². The number of H-pyrrole nitrogens is 1. The molecule has 308 valence electrons. The van der Waals surface area contributed by atoms with E-state index in [9.17, 15) is 19.2 Å². The molecular formula is C45H53N9O5. The summed E-state index contributed by atoms with van der Waals surface area (Å²) in [6.45, 7) is 12.1. The highest BCUT2D eigenvalue weighted by atomic mass is 16.5. The lowest BCUT2D eigenvalue weighted by Crippen LogP contribution is -2.54. The number of hydrogen-bond donors (Lipinski definition) is 2. The molecule has 1 unspecified atom stereocenters. The number of carbonyl (C=O) groups is 4. The molecule has 4 aromatic rings. The van der Waals surface area contributed by atoms with Crippen molar-refractivity contribution >= 4 is 46.0 Å². The summed E-state index contributed by atoms with van der Waals surface area (Å²) in [4.78, 5) is 66.3. The Balaban J connectivity index is 0.666. The molecule has 4 aliphatic heterocycles. The molecule has 14 heteroatoms. The Hall–Kier alpha value is -5.34. The molecule has 0 bridgehead atoms. The van der Waals surface area contributed by atoms with Crippen molar-refractivity contribution in [2.24, 2.45) is 11.8 Å². The van der Waals surface area contributed by atoms with Crippen molar-refractivity contribution in [3.63, 3.8) is 0 Å². The molecule has 2 aliphatic carbocycles. The molecule has 2 aromatic carbocycles. The summed E-state index contributed by atoms with van der Waals surface area (Å²) < 4.78 is 6.25. The second-order valence-electron chi connectivity index (χ2n) is 17.9. The zero-order valence-corrected chi connectivity index (χ0v) is 33.8. The summed E-state index contributed by atoms with van der Waals surface area (Å²) in [5.74, 6) is 1.49. The number of amides is 4. The monoisotopic (exact) mass is 799 g/mol. The number of ether oxygens (including phenoxy) is 1. The number of benzene rings is 2. The fourth-order valence-electron chi connectivity index (χ4n) is 9.91. The minimum atomic E-state index is -0.952. The van der Waals surface area contributed by atoms with Gasteiger partial charge < -0.3 is 14.5 Å². The molecule has 1 atom stereocenters. The minimum Gasteiger partial charge on any atom is -0.488 e. The molecule has 3 saturated heterocycles. The van der Waals surface area contributed by atoms with Crippen LogP contribution < -0.4 is 19.9 Å². The van der Waals surface area contributed by atoms with E-state index >= 15 is 0 Å². The Morgan fingerprint density at radius 2 is 1.42 bits per heavy atom. The van der Waals surface area contributed by atoms with Gasteiger partial charge in [-0.3, -0.25) is 44.3 Å². The zero-order chi connectivity index (χ0) is 40.3. The second-order valence-corrected chi connectivity index (χ2v) is 17.9. The Kier molecular flexibility index (Phi) is 9.87. The van der Waals surface area contributed by atoms with Crippen molar-refractivity contribution in [1.82, 2.24) is 35.2 Å². The number of anilines is 2. The smallest absolute Gasteiger partial charge is 0.262 e. The molecular weight excluding hydrogens is 747 g/mol. The van der Waals surface area contributed by atoms with Crippen LogP contribution in [0.4, 0.5) is 11.5 Å². The fourth-order valence-corrected chi connectivity index (χ4v) is 9.91. The number of carbonyl (C=O) groups excluding carboxylic acids is 4. The summed E-state index contributed by atoms with van der Waals surface area (Å²) in [6, 6.07) is 14.9. The van der Waals surface area contributed by atoms with Gasteiger partial charge in [0.05, 0.1) is 16.6 Å². The Bertz CT molecular complexity index is 2280. The van der Waals surface area contributed by atoms with Gasteiger partial charge in [-0.1, -0.05) is 0 Å². The molecule has 4 amide bonds. The lowest BCUT2D eigenvalue weighted by molar-refractivity contribution is -0.136. The fraction of sp³-hybridized carbons (Fsp3) is 0.511. The topological polar surface area (TPSA) is 147 Å². The number of rotatable bonds is 10. The maximum atomic E-state index is 13.4. The van der Waals surface area contributed by atoms with E-state index in [-0.39, 0.29) is 24.3 Å². The normalized spacial score (nSPS) is 25.1. The van der Waals surface area contributed by atoms with E-state index in [4.69, 9.17) is 14.8 Å². The average Bonchev–Trinajstić information content (AvgIpc) is 3.73. The number of aromatic amines is 1. The van der Waals surface area contributed by atoms with E-state index in [0.29, 0.717) is 11.1 Å². The van der Waals surface area contributed by atoms with Crippen LogP contribution in [-0.4, -0.2) is 131 Å². The predicted octanol–water partition coefficient (Wildman–Crippen LogP) is 4.71. The third kappa shape index (κ3) is 7.68. The first kappa shape index (κ1) is 37.9. The van der Waals surface area contributed by atoms with E-state index in [1.807, 2.05) is 24.4 Å². The molecule has 2 aromatic heterocycles. The highest BCUT2D eigenvalue weighted by Gasteiger charge is 2.45. The van der Waals surface area contributed by atoms with Crippen molar-refractivity contribution in [2.45, 2.75) is 69.9 Å². The molecule has 2 N–H and O–H groups in total. The number of piperazine rings is 2. The number of aromatic nitrogens is 3. The Morgan fingerprint density at radius 1 is 0.746 bits per heavy atom. The van der Waals surface area contributed by atoms with E-state index < -0.39 is 23.8 Å². The maximum Gasteiger partial charge on any atom is 0.262 e. The van der Waals surface area contributed by atoms with Crippen LogP contribution in [0.15, 0.2) is 54.7 Å². The number of nitrogens with zero attached hydrogens (tertiary/aromatic N) is 7. The summed E-state index contributed by atoms with van der Waals surface area (Å²) in [5, 5.41) is 11.2. The maximum absolute atomic E-state index is 13.4.